The van der Waals surface area contributed by atoms with Crippen LogP contribution in [0.2, 0.25) is 0 Å². The summed E-state index contributed by atoms with van der Waals surface area (Å²) in [5.74, 6) is -0.501. The minimum atomic E-state index is -0.303. The highest BCUT2D eigenvalue weighted by atomic mass is 32.2. The van der Waals surface area contributed by atoms with Gasteiger partial charge in [-0.2, -0.15) is 0 Å². The standard InChI is InChI=1S/C24H24N2O3S/c1-16-9-11-17(12-10-16)15-21-23(28)26(24(29)30-21)14-13-25-22(27)20-8-4-6-18-5-2-3-7-19(18)20/h2-3,5,7,9-12,15,20H,4,6,8,13-14H2,1H3,(H,25,27)/b21-15+. The van der Waals surface area contributed by atoms with Gasteiger partial charge < -0.3 is 5.32 Å². The average molecular weight is 421 g/mol. The fourth-order valence-corrected chi connectivity index (χ4v) is 4.81. The highest BCUT2D eigenvalue weighted by Crippen LogP contribution is 2.33. The molecule has 0 radical (unpaired) electrons. The van der Waals surface area contributed by atoms with Crippen LogP contribution in [0.4, 0.5) is 4.79 Å². The Morgan fingerprint density at radius 3 is 2.73 bits per heavy atom. The van der Waals surface area contributed by atoms with Crippen LogP contribution in [0, 0.1) is 6.92 Å². The Kier molecular flexibility index (Phi) is 6.04. The first-order valence-electron chi connectivity index (χ1n) is 10.2. The van der Waals surface area contributed by atoms with Crippen molar-refractivity contribution < 1.29 is 14.4 Å². The number of rotatable bonds is 5. The highest BCUT2D eigenvalue weighted by Gasteiger charge is 2.35. The van der Waals surface area contributed by atoms with Crippen LogP contribution in [-0.4, -0.2) is 35.0 Å². The van der Waals surface area contributed by atoms with E-state index in [2.05, 4.69) is 11.4 Å². The van der Waals surface area contributed by atoms with Gasteiger partial charge >= 0.3 is 0 Å². The molecule has 6 heteroatoms. The Morgan fingerprint density at radius 1 is 1.17 bits per heavy atom. The molecule has 1 aliphatic carbocycles. The molecule has 30 heavy (non-hydrogen) atoms. The van der Waals surface area contributed by atoms with Gasteiger partial charge in [-0.05, 0) is 60.7 Å². The lowest BCUT2D eigenvalue weighted by Gasteiger charge is -2.25. The lowest BCUT2D eigenvalue weighted by molar-refractivity contribution is -0.125. The maximum absolute atomic E-state index is 12.7. The Bertz CT molecular complexity index is 1010. The van der Waals surface area contributed by atoms with Crippen molar-refractivity contribution in [3.05, 3.63) is 75.7 Å². The first-order chi connectivity index (χ1) is 14.5. The van der Waals surface area contributed by atoms with E-state index in [9.17, 15) is 14.4 Å². The van der Waals surface area contributed by atoms with E-state index in [-0.39, 0.29) is 36.1 Å². The molecule has 0 bridgehead atoms. The summed E-state index contributed by atoms with van der Waals surface area (Å²) in [5, 5.41) is 2.62. The monoisotopic (exact) mass is 420 g/mol. The van der Waals surface area contributed by atoms with Crippen molar-refractivity contribution in [2.45, 2.75) is 32.1 Å². The number of aryl methyl sites for hydroxylation is 2. The van der Waals surface area contributed by atoms with Gasteiger partial charge in [0.25, 0.3) is 11.1 Å². The molecule has 1 atom stereocenters. The van der Waals surface area contributed by atoms with Crippen molar-refractivity contribution in [2.75, 3.05) is 13.1 Å². The van der Waals surface area contributed by atoms with Gasteiger partial charge in [-0.25, -0.2) is 0 Å². The molecule has 2 aromatic rings. The zero-order chi connectivity index (χ0) is 21.1. The van der Waals surface area contributed by atoms with Crippen molar-refractivity contribution in [3.63, 3.8) is 0 Å². The van der Waals surface area contributed by atoms with Crippen LogP contribution in [0.5, 0.6) is 0 Å². The number of benzene rings is 2. The maximum atomic E-state index is 12.7. The van der Waals surface area contributed by atoms with E-state index in [1.54, 1.807) is 6.08 Å². The van der Waals surface area contributed by atoms with Gasteiger partial charge in [-0.1, -0.05) is 54.1 Å². The van der Waals surface area contributed by atoms with Crippen LogP contribution in [0.15, 0.2) is 53.4 Å². The van der Waals surface area contributed by atoms with Crippen molar-refractivity contribution >= 4 is 34.9 Å². The molecule has 1 heterocycles. The van der Waals surface area contributed by atoms with Crippen molar-refractivity contribution in [2.24, 2.45) is 0 Å². The zero-order valence-electron chi connectivity index (χ0n) is 16.9. The largest absolute Gasteiger partial charge is 0.354 e. The molecule has 5 nitrogen and oxygen atoms in total. The molecular weight excluding hydrogens is 396 g/mol. The van der Waals surface area contributed by atoms with Crippen LogP contribution in [0.25, 0.3) is 6.08 Å². The summed E-state index contributed by atoms with van der Waals surface area (Å²) in [5.41, 5.74) is 4.34. The summed E-state index contributed by atoms with van der Waals surface area (Å²) in [6.45, 7) is 2.43. The van der Waals surface area contributed by atoms with E-state index >= 15 is 0 Å². The SMILES string of the molecule is Cc1ccc(/C=C2/SC(=O)N(CCNC(=O)C3CCCc4ccccc43)C2=O)cc1. The molecule has 4 rings (SSSR count). The van der Waals surface area contributed by atoms with Gasteiger partial charge in [0, 0.05) is 13.1 Å². The quantitative estimate of drug-likeness (QED) is 0.734. The van der Waals surface area contributed by atoms with Crippen LogP contribution in [0.3, 0.4) is 0 Å². The number of nitrogens with one attached hydrogen (secondary N) is 1. The van der Waals surface area contributed by atoms with Gasteiger partial charge in [-0.15, -0.1) is 0 Å². The molecule has 2 aromatic carbocycles. The molecule has 3 amide bonds. The number of thioether (sulfide) groups is 1. The lowest BCUT2D eigenvalue weighted by Crippen LogP contribution is -2.39. The van der Waals surface area contributed by atoms with Crippen LogP contribution >= 0.6 is 11.8 Å². The predicted molar refractivity (Wildman–Crippen MR) is 119 cm³/mol. The summed E-state index contributed by atoms with van der Waals surface area (Å²) in [6.07, 6.45) is 4.55. The van der Waals surface area contributed by atoms with Gasteiger partial charge in [0.05, 0.1) is 10.8 Å². The predicted octanol–water partition coefficient (Wildman–Crippen LogP) is 4.27. The van der Waals surface area contributed by atoms with E-state index < -0.39 is 0 Å². The topological polar surface area (TPSA) is 66.5 Å². The smallest absolute Gasteiger partial charge is 0.293 e. The third-order valence-corrected chi connectivity index (χ3v) is 6.48. The van der Waals surface area contributed by atoms with E-state index in [0.29, 0.717) is 4.91 Å². The second kappa shape index (κ2) is 8.88. The van der Waals surface area contributed by atoms with E-state index in [1.807, 2.05) is 49.4 Å². The Morgan fingerprint density at radius 2 is 1.93 bits per heavy atom. The average Bonchev–Trinajstić information content (AvgIpc) is 3.02. The van der Waals surface area contributed by atoms with E-state index in [4.69, 9.17) is 0 Å². The zero-order valence-corrected chi connectivity index (χ0v) is 17.7. The Hall–Kier alpha value is -2.86. The van der Waals surface area contributed by atoms with Crippen LogP contribution < -0.4 is 5.32 Å². The van der Waals surface area contributed by atoms with E-state index in [0.717, 1.165) is 47.7 Å². The van der Waals surface area contributed by atoms with Crippen molar-refractivity contribution in [3.8, 4) is 0 Å². The lowest BCUT2D eigenvalue weighted by atomic mass is 9.82. The third kappa shape index (κ3) is 4.33. The molecule has 1 N–H and O–H groups in total. The number of imide groups is 1. The number of nitrogens with zero attached hydrogens (tertiary/aromatic N) is 1. The van der Waals surface area contributed by atoms with Crippen LogP contribution in [0.1, 0.15) is 41.0 Å². The number of amides is 3. The number of hydrogen-bond acceptors (Lipinski definition) is 4. The molecule has 1 aliphatic heterocycles. The second-order valence-corrected chi connectivity index (χ2v) is 8.67. The fourth-order valence-electron chi connectivity index (χ4n) is 3.95. The first kappa shape index (κ1) is 20.4. The number of carbonyl (C=O) groups is 3. The molecule has 1 saturated heterocycles. The van der Waals surface area contributed by atoms with Gasteiger partial charge in [0.15, 0.2) is 0 Å². The van der Waals surface area contributed by atoms with Crippen molar-refractivity contribution in [1.82, 2.24) is 10.2 Å². The fraction of sp³-hybridized carbons (Fsp3) is 0.292. The summed E-state index contributed by atoms with van der Waals surface area (Å²) in [4.78, 5) is 39.3. The molecule has 0 saturated carbocycles. The normalized spacial score (nSPS) is 19.8. The molecule has 154 valence electrons. The molecule has 0 aromatic heterocycles. The summed E-state index contributed by atoms with van der Waals surface area (Å²) in [7, 11) is 0. The molecule has 1 fully saturated rings. The number of fused-ring (bicyclic) bond motifs is 1. The Labute approximate surface area is 180 Å². The second-order valence-electron chi connectivity index (χ2n) is 7.68. The molecular formula is C24H24N2O3S. The van der Waals surface area contributed by atoms with Crippen molar-refractivity contribution in [1.29, 1.82) is 0 Å². The molecule has 2 aliphatic rings. The number of carbonyl (C=O) groups excluding carboxylic acids is 3. The number of hydrogen-bond donors (Lipinski definition) is 1. The van der Waals surface area contributed by atoms with Gasteiger partial charge in [-0.3, -0.25) is 19.3 Å². The molecule has 1 unspecified atom stereocenters. The maximum Gasteiger partial charge on any atom is 0.293 e. The van der Waals surface area contributed by atoms with Gasteiger partial charge in [0.2, 0.25) is 5.91 Å². The van der Waals surface area contributed by atoms with Gasteiger partial charge in [0.1, 0.15) is 0 Å². The minimum Gasteiger partial charge on any atom is -0.354 e. The first-order valence-corrected chi connectivity index (χ1v) is 11.0. The third-order valence-electron chi connectivity index (χ3n) is 5.57. The summed E-state index contributed by atoms with van der Waals surface area (Å²) >= 11 is 0.944. The highest BCUT2D eigenvalue weighted by molar-refractivity contribution is 8.18. The summed E-state index contributed by atoms with van der Waals surface area (Å²) in [6, 6.07) is 15.8. The van der Waals surface area contributed by atoms with E-state index in [1.165, 1.54) is 10.5 Å². The van der Waals surface area contributed by atoms with Crippen LogP contribution in [-0.2, 0) is 16.0 Å². The summed E-state index contributed by atoms with van der Waals surface area (Å²) < 4.78 is 0. The minimum absolute atomic E-state index is 0.0377. The Balaban J connectivity index is 1.35. The molecule has 0 spiro atoms.